The van der Waals surface area contributed by atoms with E-state index in [2.05, 4.69) is 22.8 Å². The van der Waals surface area contributed by atoms with Crippen LogP contribution in [-0.4, -0.2) is 24.6 Å². The molecule has 1 aromatic rings. The van der Waals surface area contributed by atoms with Gasteiger partial charge in [-0.15, -0.1) is 0 Å². The van der Waals surface area contributed by atoms with Crippen molar-refractivity contribution >= 4 is 29.6 Å². The van der Waals surface area contributed by atoms with Crippen molar-refractivity contribution in [1.82, 2.24) is 10.7 Å². The fourth-order valence-electron chi connectivity index (χ4n) is 2.32. The average molecular weight is 366 g/mol. The molecule has 138 valence electrons. The van der Waals surface area contributed by atoms with Crippen LogP contribution < -0.4 is 10.7 Å². The molecule has 0 saturated heterocycles. The lowest BCUT2D eigenvalue weighted by Crippen LogP contribution is -2.34. The van der Waals surface area contributed by atoms with Crippen molar-refractivity contribution < 1.29 is 9.59 Å². The highest BCUT2D eigenvalue weighted by atomic mass is 35.5. The number of hydrogen-bond donors (Lipinski definition) is 2. The lowest BCUT2D eigenvalue weighted by molar-refractivity contribution is -0.126. The zero-order valence-electron chi connectivity index (χ0n) is 14.9. The highest BCUT2D eigenvalue weighted by Crippen LogP contribution is 2.09. The Morgan fingerprint density at radius 1 is 1.08 bits per heavy atom. The van der Waals surface area contributed by atoms with E-state index in [1.165, 1.54) is 38.3 Å². The standard InChI is InChI=1S/C19H28ClN3O2/c1-2-3-4-5-6-7-8-12-18(24)21-15-19(25)23-22-14-16-10-9-11-17(20)13-16/h9-11,13-14H,2-8,12,15H2,1H3,(H,21,24)(H,23,25)/b22-14+. The molecule has 0 heterocycles. The smallest absolute Gasteiger partial charge is 0.259 e. The summed E-state index contributed by atoms with van der Waals surface area (Å²) >= 11 is 5.86. The van der Waals surface area contributed by atoms with E-state index in [9.17, 15) is 9.59 Å². The monoisotopic (exact) mass is 365 g/mol. The molecule has 1 aromatic carbocycles. The van der Waals surface area contributed by atoms with E-state index in [0.717, 1.165) is 18.4 Å². The van der Waals surface area contributed by atoms with Gasteiger partial charge < -0.3 is 5.32 Å². The molecule has 0 aliphatic rings. The van der Waals surface area contributed by atoms with Crippen molar-refractivity contribution in [3.63, 3.8) is 0 Å². The molecular formula is C19H28ClN3O2. The molecule has 5 nitrogen and oxygen atoms in total. The van der Waals surface area contributed by atoms with Gasteiger partial charge in [-0.05, 0) is 24.1 Å². The van der Waals surface area contributed by atoms with Crippen molar-refractivity contribution in [3.8, 4) is 0 Å². The molecule has 0 saturated carbocycles. The number of nitrogens with one attached hydrogen (secondary N) is 2. The maximum Gasteiger partial charge on any atom is 0.259 e. The van der Waals surface area contributed by atoms with Gasteiger partial charge in [-0.2, -0.15) is 5.10 Å². The number of hydrazone groups is 1. The van der Waals surface area contributed by atoms with Crippen LogP contribution in [0.2, 0.25) is 5.02 Å². The molecule has 0 spiro atoms. The minimum Gasteiger partial charge on any atom is -0.347 e. The maximum absolute atomic E-state index is 11.7. The predicted octanol–water partition coefficient (Wildman–Crippen LogP) is 4.05. The molecule has 2 N–H and O–H groups in total. The van der Waals surface area contributed by atoms with Crippen molar-refractivity contribution in [1.29, 1.82) is 0 Å². The van der Waals surface area contributed by atoms with E-state index >= 15 is 0 Å². The molecule has 0 atom stereocenters. The molecular weight excluding hydrogens is 338 g/mol. The van der Waals surface area contributed by atoms with Gasteiger partial charge in [0.1, 0.15) is 0 Å². The molecule has 0 aromatic heterocycles. The van der Waals surface area contributed by atoms with Crippen molar-refractivity contribution in [3.05, 3.63) is 34.9 Å². The van der Waals surface area contributed by atoms with Gasteiger partial charge in [-0.25, -0.2) is 5.43 Å². The normalized spacial score (nSPS) is 10.8. The third-order valence-corrected chi connectivity index (χ3v) is 3.94. The summed E-state index contributed by atoms with van der Waals surface area (Å²) in [5.41, 5.74) is 3.16. The molecule has 2 amide bonds. The summed E-state index contributed by atoms with van der Waals surface area (Å²) in [6.07, 6.45) is 10.1. The Morgan fingerprint density at radius 2 is 1.80 bits per heavy atom. The summed E-state index contributed by atoms with van der Waals surface area (Å²) in [6.45, 7) is 2.13. The maximum atomic E-state index is 11.7. The molecule has 0 bridgehead atoms. The number of halogens is 1. The first kappa shape index (κ1) is 21.2. The van der Waals surface area contributed by atoms with Crippen LogP contribution in [0.3, 0.4) is 0 Å². The molecule has 6 heteroatoms. The molecule has 0 radical (unpaired) electrons. The lowest BCUT2D eigenvalue weighted by Gasteiger charge is -2.04. The summed E-state index contributed by atoms with van der Waals surface area (Å²) in [4.78, 5) is 23.3. The fourth-order valence-corrected chi connectivity index (χ4v) is 2.51. The number of amides is 2. The second-order valence-corrected chi connectivity index (χ2v) is 6.43. The van der Waals surface area contributed by atoms with Gasteiger partial charge in [-0.3, -0.25) is 9.59 Å². The van der Waals surface area contributed by atoms with E-state index in [1.54, 1.807) is 18.2 Å². The largest absolute Gasteiger partial charge is 0.347 e. The van der Waals surface area contributed by atoms with E-state index < -0.39 is 0 Å². The number of carbonyl (C=O) groups excluding carboxylic acids is 2. The Kier molecular flexibility index (Phi) is 11.4. The summed E-state index contributed by atoms with van der Waals surface area (Å²) in [5.74, 6) is -0.450. The Bertz CT molecular complexity index is 561. The van der Waals surface area contributed by atoms with Gasteiger partial charge in [0.2, 0.25) is 5.91 Å². The lowest BCUT2D eigenvalue weighted by atomic mass is 10.1. The Morgan fingerprint density at radius 3 is 2.52 bits per heavy atom. The molecule has 0 fully saturated rings. The molecule has 1 rings (SSSR count). The van der Waals surface area contributed by atoms with Crippen LogP contribution in [0.5, 0.6) is 0 Å². The van der Waals surface area contributed by atoms with Crippen LogP contribution in [-0.2, 0) is 9.59 Å². The van der Waals surface area contributed by atoms with Crippen LogP contribution in [0.25, 0.3) is 0 Å². The minimum atomic E-state index is -0.355. The van der Waals surface area contributed by atoms with Crippen LogP contribution in [0.15, 0.2) is 29.4 Å². The molecule has 0 aliphatic heterocycles. The number of rotatable bonds is 12. The Labute approximate surface area is 155 Å². The first-order valence-electron chi connectivity index (χ1n) is 8.96. The number of carbonyl (C=O) groups is 2. The highest BCUT2D eigenvalue weighted by molar-refractivity contribution is 6.30. The molecule has 25 heavy (non-hydrogen) atoms. The van der Waals surface area contributed by atoms with Gasteiger partial charge in [0, 0.05) is 11.4 Å². The van der Waals surface area contributed by atoms with Gasteiger partial charge in [0.25, 0.3) is 5.91 Å². The highest BCUT2D eigenvalue weighted by Gasteiger charge is 2.04. The molecule has 0 aliphatic carbocycles. The zero-order chi connectivity index (χ0) is 18.3. The number of unbranched alkanes of at least 4 members (excludes halogenated alkanes) is 6. The average Bonchev–Trinajstić information content (AvgIpc) is 2.59. The van der Waals surface area contributed by atoms with E-state index in [1.807, 2.05) is 6.07 Å². The van der Waals surface area contributed by atoms with Crippen LogP contribution in [0, 0.1) is 0 Å². The summed E-state index contributed by atoms with van der Waals surface area (Å²) in [7, 11) is 0. The van der Waals surface area contributed by atoms with Crippen LogP contribution in [0.1, 0.15) is 63.9 Å². The zero-order valence-corrected chi connectivity index (χ0v) is 15.6. The topological polar surface area (TPSA) is 70.6 Å². The summed E-state index contributed by atoms with van der Waals surface area (Å²) in [5, 5.41) is 7.05. The van der Waals surface area contributed by atoms with Crippen LogP contribution in [0.4, 0.5) is 0 Å². The van der Waals surface area contributed by atoms with Gasteiger partial charge in [0.15, 0.2) is 0 Å². The quantitative estimate of drug-likeness (QED) is 0.333. The minimum absolute atomic E-state index is 0.0672. The SMILES string of the molecule is CCCCCCCCCC(=O)NCC(=O)N/N=C/c1cccc(Cl)c1. The van der Waals surface area contributed by atoms with Gasteiger partial charge >= 0.3 is 0 Å². The Balaban J connectivity index is 2.08. The van der Waals surface area contributed by atoms with Crippen LogP contribution >= 0.6 is 11.6 Å². The third kappa shape index (κ3) is 11.3. The summed E-state index contributed by atoms with van der Waals surface area (Å²) < 4.78 is 0. The van der Waals surface area contributed by atoms with Gasteiger partial charge in [-0.1, -0.05) is 69.2 Å². The van der Waals surface area contributed by atoms with Crippen molar-refractivity contribution in [2.45, 2.75) is 58.3 Å². The molecule has 0 unspecified atom stereocenters. The summed E-state index contributed by atoms with van der Waals surface area (Å²) in [6, 6.07) is 7.13. The Hall–Kier alpha value is -1.88. The van der Waals surface area contributed by atoms with Crippen molar-refractivity contribution in [2.24, 2.45) is 5.10 Å². The van der Waals surface area contributed by atoms with Crippen molar-refractivity contribution in [2.75, 3.05) is 6.54 Å². The van der Waals surface area contributed by atoms with E-state index in [-0.39, 0.29) is 18.4 Å². The number of nitrogens with zero attached hydrogens (tertiary/aromatic N) is 1. The number of benzene rings is 1. The fraction of sp³-hybridized carbons (Fsp3) is 0.526. The number of hydrogen-bond acceptors (Lipinski definition) is 3. The van der Waals surface area contributed by atoms with Gasteiger partial charge in [0.05, 0.1) is 12.8 Å². The first-order chi connectivity index (χ1) is 12.1. The van der Waals surface area contributed by atoms with E-state index in [4.69, 9.17) is 11.6 Å². The van der Waals surface area contributed by atoms with E-state index in [0.29, 0.717) is 11.4 Å². The third-order valence-electron chi connectivity index (χ3n) is 3.71. The second kappa shape index (κ2) is 13.4. The first-order valence-corrected chi connectivity index (χ1v) is 9.33. The second-order valence-electron chi connectivity index (χ2n) is 6.00. The predicted molar refractivity (Wildman–Crippen MR) is 103 cm³/mol.